The van der Waals surface area contributed by atoms with Gasteiger partial charge in [0.25, 0.3) is 0 Å². The number of carbonyl (C=O) groups excluding carboxylic acids is 1. The molecule has 5 nitrogen and oxygen atoms in total. The van der Waals surface area contributed by atoms with Crippen molar-refractivity contribution < 1.29 is 14.7 Å². The van der Waals surface area contributed by atoms with Crippen LogP contribution in [0.15, 0.2) is 91.0 Å². The molecule has 5 heteroatoms. The molecule has 0 spiro atoms. The lowest BCUT2D eigenvalue weighted by Crippen LogP contribution is -2.52. The first-order chi connectivity index (χ1) is 15.5. The van der Waals surface area contributed by atoms with Crippen LogP contribution in [0, 0.1) is 5.92 Å². The number of hydrogen-bond donors (Lipinski definition) is 3. The van der Waals surface area contributed by atoms with Crippen LogP contribution in [-0.2, 0) is 15.1 Å². The molecule has 3 aromatic carbocycles. The molecule has 2 atom stereocenters. The number of rotatable bonds is 10. The van der Waals surface area contributed by atoms with Gasteiger partial charge in [-0.2, -0.15) is 0 Å². The minimum absolute atomic E-state index is 0.0428. The lowest BCUT2D eigenvalue weighted by Gasteiger charge is -2.37. The molecule has 0 aliphatic carbocycles. The second-order valence-electron chi connectivity index (χ2n) is 7.97. The Bertz CT molecular complexity index is 910. The summed E-state index contributed by atoms with van der Waals surface area (Å²) in [5.74, 6) is -1.54. The first kappa shape index (κ1) is 23.2. The molecular weight excluding hydrogens is 400 g/mol. The third-order valence-electron chi connectivity index (χ3n) is 5.93. The minimum atomic E-state index is -1.02. The number of carbonyl (C=O) groups is 2. The van der Waals surface area contributed by atoms with E-state index in [1.807, 2.05) is 105 Å². The van der Waals surface area contributed by atoms with Gasteiger partial charge in [-0.3, -0.25) is 10.1 Å². The van der Waals surface area contributed by atoms with Crippen molar-refractivity contribution in [3.63, 3.8) is 0 Å². The summed E-state index contributed by atoms with van der Waals surface area (Å²) < 4.78 is 0. The Hall–Kier alpha value is -3.44. The lowest BCUT2D eigenvalue weighted by atomic mass is 9.77. The first-order valence-electron chi connectivity index (χ1n) is 10.9. The van der Waals surface area contributed by atoms with Gasteiger partial charge in [-0.05, 0) is 22.6 Å². The van der Waals surface area contributed by atoms with E-state index in [4.69, 9.17) is 0 Å². The third kappa shape index (κ3) is 5.06. The maximum absolute atomic E-state index is 12.9. The zero-order valence-electron chi connectivity index (χ0n) is 18.5. The number of hydrogen-bond acceptors (Lipinski definition) is 3. The van der Waals surface area contributed by atoms with E-state index in [1.54, 1.807) is 0 Å². The summed E-state index contributed by atoms with van der Waals surface area (Å²) in [5, 5.41) is 15.7. The van der Waals surface area contributed by atoms with Gasteiger partial charge in [-0.1, -0.05) is 111 Å². The van der Waals surface area contributed by atoms with Crippen molar-refractivity contribution in [2.75, 3.05) is 6.54 Å². The Balaban J connectivity index is 2.00. The Kier molecular flexibility index (Phi) is 7.79. The minimum Gasteiger partial charge on any atom is -0.480 e. The van der Waals surface area contributed by atoms with Gasteiger partial charge in [-0.15, -0.1) is 0 Å². The molecule has 0 bridgehead atoms. The van der Waals surface area contributed by atoms with Crippen molar-refractivity contribution in [2.45, 2.75) is 31.8 Å². The van der Waals surface area contributed by atoms with E-state index in [0.717, 1.165) is 16.7 Å². The van der Waals surface area contributed by atoms with Gasteiger partial charge in [0.1, 0.15) is 6.04 Å². The molecule has 0 aliphatic rings. The van der Waals surface area contributed by atoms with Crippen molar-refractivity contribution in [2.24, 2.45) is 5.92 Å². The molecule has 3 N–H and O–H groups in total. The second-order valence-corrected chi connectivity index (χ2v) is 7.97. The summed E-state index contributed by atoms with van der Waals surface area (Å²) >= 11 is 0. The van der Waals surface area contributed by atoms with Gasteiger partial charge < -0.3 is 10.4 Å². The molecule has 0 heterocycles. The molecule has 3 aromatic rings. The topological polar surface area (TPSA) is 78.4 Å². The summed E-state index contributed by atoms with van der Waals surface area (Å²) in [7, 11) is 0. The maximum Gasteiger partial charge on any atom is 0.326 e. The Morgan fingerprint density at radius 2 is 1.22 bits per heavy atom. The average Bonchev–Trinajstić information content (AvgIpc) is 2.84. The number of amides is 1. The highest BCUT2D eigenvalue weighted by molar-refractivity contribution is 5.85. The molecule has 0 fully saturated rings. The van der Waals surface area contributed by atoms with Crippen LogP contribution in [0.2, 0.25) is 0 Å². The predicted molar refractivity (Wildman–Crippen MR) is 126 cm³/mol. The molecule has 166 valence electrons. The average molecular weight is 431 g/mol. The molecule has 1 amide bonds. The zero-order valence-corrected chi connectivity index (χ0v) is 18.5. The van der Waals surface area contributed by atoms with Crippen LogP contribution in [-0.4, -0.2) is 29.6 Å². The lowest BCUT2D eigenvalue weighted by molar-refractivity contribution is -0.143. The van der Waals surface area contributed by atoms with Crippen molar-refractivity contribution in [1.82, 2.24) is 10.6 Å². The highest BCUT2D eigenvalue weighted by atomic mass is 16.4. The van der Waals surface area contributed by atoms with Crippen LogP contribution >= 0.6 is 0 Å². The predicted octanol–water partition coefficient (Wildman–Crippen LogP) is 4.18. The normalized spacial score (nSPS) is 13.2. The van der Waals surface area contributed by atoms with Gasteiger partial charge in [0.2, 0.25) is 5.91 Å². The van der Waals surface area contributed by atoms with Gasteiger partial charge in [0.05, 0.1) is 12.1 Å². The Labute approximate surface area is 189 Å². The van der Waals surface area contributed by atoms with Crippen LogP contribution in [0.5, 0.6) is 0 Å². The maximum atomic E-state index is 12.9. The zero-order chi connectivity index (χ0) is 23.0. The summed E-state index contributed by atoms with van der Waals surface area (Å²) in [6.45, 7) is 3.70. The highest BCUT2D eigenvalue weighted by Gasteiger charge is 2.36. The molecular formula is C27H30N2O3. The fourth-order valence-electron chi connectivity index (χ4n) is 3.99. The Morgan fingerprint density at radius 1 is 0.812 bits per heavy atom. The quantitative estimate of drug-likeness (QED) is 0.422. The second kappa shape index (κ2) is 10.7. The molecule has 1 unspecified atom stereocenters. The highest BCUT2D eigenvalue weighted by Crippen LogP contribution is 2.36. The van der Waals surface area contributed by atoms with Crippen LogP contribution in [0.25, 0.3) is 0 Å². The van der Waals surface area contributed by atoms with Crippen LogP contribution in [0.3, 0.4) is 0 Å². The van der Waals surface area contributed by atoms with E-state index < -0.39 is 17.6 Å². The fourth-order valence-corrected chi connectivity index (χ4v) is 3.99. The summed E-state index contributed by atoms with van der Waals surface area (Å²) in [5.41, 5.74) is 2.18. The van der Waals surface area contributed by atoms with Crippen molar-refractivity contribution in [3.05, 3.63) is 108 Å². The summed E-state index contributed by atoms with van der Waals surface area (Å²) in [6, 6.07) is 29.0. The largest absolute Gasteiger partial charge is 0.480 e. The monoisotopic (exact) mass is 430 g/mol. The fraction of sp³-hybridized carbons (Fsp3) is 0.259. The van der Waals surface area contributed by atoms with Gasteiger partial charge >= 0.3 is 5.97 Å². The molecule has 0 aliphatic heterocycles. The van der Waals surface area contributed by atoms with Crippen LogP contribution in [0.4, 0.5) is 0 Å². The van der Waals surface area contributed by atoms with E-state index in [0.29, 0.717) is 6.42 Å². The van der Waals surface area contributed by atoms with E-state index in [-0.39, 0.29) is 18.4 Å². The first-order valence-corrected chi connectivity index (χ1v) is 10.9. The molecule has 0 saturated carbocycles. The number of carboxylic acid groups (broad SMARTS) is 1. The third-order valence-corrected chi connectivity index (χ3v) is 5.93. The summed E-state index contributed by atoms with van der Waals surface area (Å²) in [4.78, 5) is 24.5. The smallest absolute Gasteiger partial charge is 0.326 e. The van der Waals surface area contributed by atoms with E-state index in [1.165, 1.54) is 0 Å². The number of nitrogens with one attached hydrogen (secondary N) is 2. The SMILES string of the molecule is CCC(C)[C@H](NC(=O)CNC(c1ccccc1)(c1ccccc1)c1ccccc1)C(=O)O. The van der Waals surface area contributed by atoms with Gasteiger partial charge in [0.15, 0.2) is 0 Å². The van der Waals surface area contributed by atoms with Crippen molar-refractivity contribution in [3.8, 4) is 0 Å². The van der Waals surface area contributed by atoms with Crippen molar-refractivity contribution >= 4 is 11.9 Å². The van der Waals surface area contributed by atoms with Crippen molar-refractivity contribution in [1.29, 1.82) is 0 Å². The summed E-state index contributed by atoms with van der Waals surface area (Å²) in [6.07, 6.45) is 0.659. The standard InChI is InChI=1S/C27H30N2O3/c1-3-20(2)25(26(31)32)29-24(30)19-28-27(21-13-7-4-8-14-21,22-15-9-5-10-16-22)23-17-11-6-12-18-23/h4-18,20,25,28H,3,19H2,1-2H3,(H,29,30)(H,31,32)/t20?,25-/m0/s1. The van der Waals surface area contributed by atoms with Gasteiger partial charge in [-0.25, -0.2) is 4.79 Å². The number of aliphatic carboxylic acids is 1. The number of benzene rings is 3. The Morgan fingerprint density at radius 3 is 1.56 bits per heavy atom. The molecule has 0 aromatic heterocycles. The van der Waals surface area contributed by atoms with E-state index in [9.17, 15) is 14.7 Å². The van der Waals surface area contributed by atoms with E-state index in [2.05, 4.69) is 10.6 Å². The van der Waals surface area contributed by atoms with Crippen LogP contribution in [0.1, 0.15) is 37.0 Å². The van der Waals surface area contributed by atoms with Gasteiger partial charge in [0, 0.05) is 0 Å². The molecule has 0 radical (unpaired) electrons. The van der Waals surface area contributed by atoms with E-state index >= 15 is 0 Å². The molecule has 32 heavy (non-hydrogen) atoms. The number of carboxylic acids is 1. The van der Waals surface area contributed by atoms with Crippen LogP contribution < -0.4 is 10.6 Å². The molecule has 0 saturated heterocycles. The molecule has 3 rings (SSSR count).